The summed E-state index contributed by atoms with van der Waals surface area (Å²) in [7, 11) is 0. The second kappa shape index (κ2) is 8.54. The minimum absolute atomic E-state index is 0. The van der Waals surface area contributed by atoms with Crippen molar-refractivity contribution in [1.82, 2.24) is 15.6 Å². The van der Waals surface area contributed by atoms with Crippen molar-refractivity contribution >= 4 is 51.7 Å². The molecule has 23 heavy (non-hydrogen) atoms. The molecule has 1 heterocycles. The van der Waals surface area contributed by atoms with Crippen molar-refractivity contribution in [3.63, 3.8) is 0 Å². The van der Waals surface area contributed by atoms with Crippen molar-refractivity contribution in [2.45, 2.75) is 19.4 Å². The molecule has 0 saturated carbocycles. The molecule has 0 bridgehead atoms. The number of rotatable bonds is 6. The van der Waals surface area contributed by atoms with Crippen molar-refractivity contribution in [2.24, 2.45) is 0 Å². The number of carboxylic acid groups (broad SMARTS) is 1. The molecule has 0 aliphatic heterocycles. The van der Waals surface area contributed by atoms with Gasteiger partial charge in [-0.2, -0.15) is 0 Å². The number of aromatic amines is 1. The molecule has 2 rings (SSSR count). The molecule has 0 aliphatic carbocycles. The molecular weight excluding hydrogens is 310 g/mol. The number of carbonyl (C=O) groups excluding carboxylic acids is 3. The predicted molar refractivity (Wildman–Crippen MR) is 83.4 cm³/mol. The molecule has 1 aromatic carbocycles. The fraction of sp³-hybridized carbons (Fsp3) is 0.267. The van der Waals surface area contributed by atoms with Gasteiger partial charge in [-0.15, -0.1) is 0 Å². The topological polar surface area (TPSA) is 114 Å². The largest absolute Gasteiger partial charge is 2.00 e. The monoisotopic (exact) mass is 326 g/mol. The summed E-state index contributed by atoms with van der Waals surface area (Å²) in [6, 6.07) is 6.30. The number of carboxylic acids is 1. The molecule has 1 unspecified atom stereocenters. The van der Waals surface area contributed by atoms with Gasteiger partial charge in [-0.3, -0.25) is 9.59 Å². The third-order valence-corrected chi connectivity index (χ3v) is 3.22. The van der Waals surface area contributed by atoms with Crippen LogP contribution in [0.15, 0.2) is 30.5 Å². The summed E-state index contributed by atoms with van der Waals surface area (Å²) in [5.41, 5.74) is 1.66. The number of H-pyrrole nitrogens is 1. The zero-order valence-electron chi connectivity index (χ0n) is 12.7. The quantitative estimate of drug-likeness (QED) is 0.572. The molecule has 0 radical (unpaired) electrons. The zero-order chi connectivity index (χ0) is 16.1. The Morgan fingerprint density at radius 1 is 1.26 bits per heavy atom. The number of fused-ring (bicyclic) bond motifs is 1. The number of amides is 2. The van der Waals surface area contributed by atoms with Crippen LogP contribution in [-0.4, -0.2) is 58.4 Å². The van der Waals surface area contributed by atoms with Gasteiger partial charge >= 0.3 is 23.1 Å². The number of aliphatic carboxylic acids is 1. The Labute approximate surface area is 149 Å². The van der Waals surface area contributed by atoms with Crippen LogP contribution in [0.4, 0.5) is 0 Å². The summed E-state index contributed by atoms with van der Waals surface area (Å²) in [5.74, 6) is -2.32. The van der Waals surface area contributed by atoms with E-state index in [0.29, 0.717) is 0 Å². The van der Waals surface area contributed by atoms with E-state index in [-0.39, 0.29) is 41.9 Å². The van der Waals surface area contributed by atoms with Crippen LogP contribution >= 0.6 is 0 Å². The first-order valence-corrected chi connectivity index (χ1v) is 6.77. The Morgan fingerprint density at radius 2 is 1.96 bits per heavy atom. The second-order valence-electron chi connectivity index (χ2n) is 4.91. The molecule has 116 valence electrons. The molecule has 7 nitrogen and oxygen atoms in total. The number of benzene rings is 1. The number of para-hydroxylation sites is 1. The molecule has 0 spiro atoms. The third-order valence-electron chi connectivity index (χ3n) is 3.22. The van der Waals surface area contributed by atoms with Crippen LogP contribution in [0.25, 0.3) is 10.9 Å². The zero-order valence-corrected chi connectivity index (χ0v) is 14.1. The van der Waals surface area contributed by atoms with E-state index in [1.165, 1.54) is 6.92 Å². The third kappa shape index (κ3) is 5.25. The van der Waals surface area contributed by atoms with E-state index in [1.807, 2.05) is 24.3 Å². The molecule has 2 aromatic rings. The number of carbonyl (C=O) groups is 3. The van der Waals surface area contributed by atoms with Gasteiger partial charge in [0.25, 0.3) is 0 Å². The van der Waals surface area contributed by atoms with Crippen LogP contribution in [0.3, 0.4) is 0 Å². The first-order valence-electron chi connectivity index (χ1n) is 6.77. The second-order valence-corrected chi connectivity index (χ2v) is 4.91. The Hall–Kier alpha value is -2.06. The van der Waals surface area contributed by atoms with Gasteiger partial charge in [0.15, 0.2) is 0 Å². The minimum atomic E-state index is -1.37. The molecular formula is C15H16MgN3O4+. The van der Waals surface area contributed by atoms with Gasteiger partial charge in [0.1, 0.15) is 0 Å². The Kier molecular flexibility index (Phi) is 7.05. The molecule has 3 N–H and O–H groups in total. The number of nitrogens with one attached hydrogen (secondary N) is 3. The molecule has 2 amide bonds. The van der Waals surface area contributed by atoms with E-state index in [0.717, 1.165) is 16.5 Å². The van der Waals surface area contributed by atoms with Gasteiger partial charge < -0.3 is 25.5 Å². The van der Waals surface area contributed by atoms with Crippen LogP contribution < -0.4 is 15.7 Å². The molecule has 8 heteroatoms. The summed E-state index contributed by atoms with van der Waals surface area (Å²) in [6.07, 6.45) is 1.80. The van der Waals surface area contributed by atoms with E-state index in [9.17, 15) is 19.5 Å². The molecule has 0 fully saturated rings. The van der Waals surface area contributed by atoms with Gasteiger partial charge in [0, 0.05) is 30.4 Å². The van der Waals surface area contributed by atoms with Gasteiger partial charge in [0.2, 0.25) is 11.8 Å². The summed E-state index contributed by atoms with van der Waals surface area (Å²) in [6.45, 7) is 1.00. The number of hydrogen-bond acceptors (Lipinski definition) is 4. The molecule has 0 aliphatic rings. The van der Waals surface area contributed by atoms with Crippen molar-refractivity contribution in [3.05, 3.63) is 36.0 Å². The van der Waals surface area contributed by atoms with Gasteiger partial charge in [-0.05, 0) is 11.6 Å². The number of hydrogen-bond donors (Lipinski definition) is 3. The summed E-state index contributed by atoms with van der Waals surface area (Å²) in [4.78, 5) is 36.6. The Balaban J connectivity index is 0.00000264. The SMILES string of the molecule is CC(=O)NCC(=O)NC(Cc1c[nH]c2ccccc12)C(=O)[O-].[Mg+2]. The summed E-state index contributed by atoms with van der Waals surface area (Å²) in [5, 5.41) is 16.8. The van der Waals surface area contributed by atoms with Crippen LogP contribution in [0, 0.1) is 0 Å². The van der Waals surface area contributed by atoms with Crippen molar-refractivity contribution in [2.75, 3.05) is 6.54 Å². The fourth-order valence-corrected chi connectivity index (χ4v) is 2.16. The van der Waals surface area contributed by atoms with E-state index in [4.69, 9.17) is 0 Å². The summed E-state index contributed by atoms with van der Waals surface area (Å²) >= 11 is 0. The molecule has 1 aromatic heterocycles. The maximum Gasteiger partial charge on any atom is 2.00 e. The van der Waals surface area contributed by atoms with Crippen molar-refractivity contribution < 1.29 is 19.5 Å². The smallest absolute Gasteiger partial charge is 0.548 e. The minimum Gasteiger partial charge on any atom is -0.548 e. The van der Waals surface area contributed by atoms with E-state index in [2.05, 4.69) is 15.6 Å². The average Bonchev–Trinajstić information content (AvgIpc) is 2.87. The Bertz CT molecular complexity index is 714. The summed E-state index contributed by atoms with van der Waals surface area (Å²) < 4.78 is 0. The standard InChI is InChI=1S/C15H17N3O4.Mg/c1-9(19)16-8-14(20)18-13(15(21)22)6-10-7-17-12-5-3-2-4-11(10)12;/h2-5,7,13,17H,6,8H2,1H3,(H,16,19)(H,18,20)(H,21,22);/q;+2/p-1. The van der Waals surface area contributed by atoms with Crippen LogP contribution in [0.1, 0.15) is 12.5 Å². The normalized spacial score (nSPS) is 11.3. The predicted octanol–water partition coefficient (Wildman–Crippen LogP) is -1.30. The van der Waals surface area contributed by atoms with Gasteiger partial charge in [0.05, 0.1) is 18.6 Å². The van der Waals surface area contributed by atoms with Gasteiger partial charge in [-0.25, -0.2) is 0 Å². The van der Waals surface area contributed by atoms with Crippen molar-refractivity contribution in [3.8, 4) is 0 Å². The maximum absolute atomic E-state index is 11.6. The van der Waals surface area contributed by atoms with Crippen LogP contribution in [0.2, 0.25) is 0 Å². The first kappa shape index (κ1) is 19.0. The first-order chi connectivity index (χ1) is 10.5. The molecule has 1 atom stereocenters. The average molecular weight is 327 g/mol. The van der Waals surface area contributed by atoms with Crippen LogP contribution in [-0.2, 0) is 20.8 Å². The van der Waals surface area contributed by atoms with E-state index < -0.39 is 17.9 Å². The van der Waals surface area contributed by atoms with E-state index in [1.54, 1.807) is 6.20 Å². The van der Waals surface area contributed by atoms with Crippen molar-refractivity contribution in [1.29, 1.82) is 0 Å². The number of aromatic nitrogens is 1. The molecule has 0 saturated heterocycles. The maximum atomic E-state index is 11.6. The van der Waals surface area contributed by atoms with Gasteiger partial charge in [-0.1, -0.05) is 18.2 Å². The van der Waals surface area contributed by atoms with Crippen LogP contribution in [0.5, 0.6) is 0 Å². The van der Waals surface area contributed by atoms with E-state index >= 15 is 0 Å². The fourth-order valence-electron chi connectivity index (χ4n) is 2.16. The Morgan fingerprint density at radius 3 is 2.61 bits per heavy atom.